The third-order valence-electron chi connectivity index (χ3n) is 5.88. The van der Waals surface area contributed by atoms with E-state index in [2.05, 4.69) is 34.5 Å². The summed E-state index contributed by atoms with van der Waals surface area (Å²) in [6, 6.07) is 12.4. The molecule has 1 heterocycles. The number of fused-ring (bicyclic) bond motifs is 1. The number of nitrogens with zero attached hydrogens (tertiary/aromatic N) is 2. The van der Waals surface area contributed by atoms with Crippen LogP contribution < -0.4 is 5.32 Å². The van der Waals surface area contributed by atoms with Gasteiger partial charge in [-0.1, -0.05) is 30.3 Å². The molecule has 1 aliphatic carbocycles. The molecule has 0 unspecified atom stereocenters. The number of halogens is 2. The first kappa shape index (κ1) is 18.9. The Morgan fingerprint density at radius 2 is 1.79 bits per heavy atom. The van der Waals surface area contributed by atoms with Gasteiger partial charge in [-0.3, -0.25) is 4.90 Å². The monoisotopic (exact) mass is 385 g/mol. The summed E-state index contributed by atoms with van der Waals surface area (Å²) >= 11 is 0. The molecule has 1 saturated heterocycles. The Kier molecular flexibility index (Phi) is 5.57. The summed E-state index contributed by atoms with van der Waals surface area (Å²) < 4.78 is 26.7. The summed E-state index contributed by atoms with van der Waals surface area (Å²) in [5, 5.41) is 2.74. The first-order valence-corrected chi connectivity index (χ1v) is 9.87. The van der Waals surface area contributed by atoms with Crippen molar-refractivity contribution in [3.05, 3.63) is 70.8 Å². The number of carbonyl (C=O) groups excluding carboxylic acids is 1. The highest BCUT2D eigenvalue weighted by atomic mass is 19.1. The van der Waals surface area contributed by atoms with Gasteiger partial charge in [0.2, 0.25) is 0 Å². The van der Waals surface area contributed by atoms with Crippen molar-refractivity contribution in [3.8, 4) is 0 Å². The molecule has 0 aromatic heterocycles. The quantitative estimate of drug-likeness (QED) is 0.880. The molecule has 0 bridgehead atoms. The number of amides is 2. The van der Waals surface area contributed by atoms with Gasteiger partial charge in [-0.15, -0.1) is 0 Å². The van der Waals surface area contributed by atoms with E-state index < -0.39 is 11.6 Å². The van der Waals surface area contributed by atoms with Crippen molar-refractivity contribution in [1.82, 2.24) is 15.1 Å². The zero-order valence-corrected chi connectivity index (χ0v) is 15.8. The molecular formula is C22H25F2N3O. The summed E-state index contributed by atoms with van der Waals surface area (Å²) in [7, 11) is 0. The van der Waals surface area contributed by atoms with Crippen LogP contribution in [0.4, 0.5) is 13.6 Å². The van der Waals surface area contributed by atoms with Gasteiger partial charge < -0.3 is 10.2 Å². The van der Waals surface area contributed by atoms with E-state index in [1.54, 1.807) is 4.90 Å². The van der Waals surface area contributed by atoms with Crippen molar-refractivity contribution in [2.24, 2.45) is 0 Å². The van der Waals surface area contributed by atoms with Crippen LogP contribution in [0.2, 0.25) is 0 Å². The van der Waals surface area contributed by atoms with Crippen molar-refractivity contribution < 1.29 is 13.6 Å². The summed E-state index contributed by atoms with van der Waals surface area (Å²) in [5.41, 5.74) is 3.19. The number of hydrogen-bond donors (Lipinski definition) is 1. The molecule has 2 aromatic rings. The maximum atomic E-state index is 13.7. The predicted octanol–water partition coefficient (Wildman–Crippen LogP) is 3.35. The van der Waals surface area contributed by atoms with Gasteiger partial charge in [-0.25, -0.2) is 13.6 Å². The number of carbonyl (C=O) groups is 1. The van der Waals surface area contributed by atoms with Gasteiger partial charge in [0.15, 0.2) is 0 Å². The molecule has 28 heavy (non-hydrogen) atoms. The third-order valence-corrected chi connectivity index (χ3v) is 5.88. The zero-order chi connectivity index (χ0) is 19.5. The Morgan fingerprint density at radius 1 is 1.04 bits per heavy atom. The highest BCUT2D eigenvalue weighted by molar-refractivity contribution is 5.74. The number of urea groups is 1. The summed E-state index contributed by atoms with van der Waals surface area (Å²) in [4.78, 5) is 16.7. The maximum absolute atomic E-state index is 13.7. The number of piperazine rings is 1. The fourth-order valence-electron chi connectivity index (χ4n) is 4.23. The van der Waals surface area contributed by atoms with Gasteiger partial charge >= 0.3 is 6.03 Å². The van der Waals surface area contributed by atoms with Gasteiger partial charge in [0.25, 0.3) is 0 Å². The van der Waals surface area contributed by atoms with Crippen molar-refractivity contribution in [3.63, 3.8) is 0 Å². The molecule has 148 valence electrons. The van der Waals surface area contributed by atoms with Gasteiger partial charge in [0.05, 0.1) is 0 Å². The summed E-state index contributed by atoms with van der Waals surface area (Å²) in [5.74, 6) is -1.25. The molecule has 4 nitrogen and oxygen atoms in total. The fourth-order valence-corrected chi connectivity index (χ4v) is 4.23. The van der Waals surface area contributed by atoms with Crippen molar-refractivity contribution in [2.45, 2.75) is 31.8 Å². The van der Waals surface area contributed by atoms with E-state index in [1.807, 2.05) is 0 Å². The molecule has 1 atom stereocenters. The first-order valence-electron chi connectivity index (χ1n) is 9.87. The molecule has 1 fully saturated rings. The zero-order valence-electron chi connectivity index (χ0n) is 15.8. The molecular weight excluding hydrogens is 360 g/mol. The predicted molar refractivity (Wildman–Crippen MR) is 104 cm³/mol. The van der Waals surface area contributed by atoms with E-state index >= 15 is 0 Å². The minimum atomic E-state index is -0.636. The van der Waals surface area contributed by atoms with Crippen LogP contribution in [-0.2, 0) is 19.4 Å². The fraction of sp³-hybridized carbons (Fsp3) is 0.409. The second-order valence-electron chi connectivity index (χ2n) is 7.58. The van der Waals surface area contributed by atoms with Crippen LogP contribution in [0, 0.1) is 11.6 Å². The lowest BCUT2D eigenvalue weighted by Gasteiger charge is -2.41. The highest BCUT2D eigenvalue weighted by Gasteiger charge is 2.28. The average Bonchev–Trinajstić information content (AvgIpc) is 2.72. The Balaban J connectivity index is 1.26. The van der Waals surface area contributed by atoms with Crippen LogP contribution >= 0.6 is 0 Å². The largest absolute Gasteiger partial charge is 0.334 e. The van der Waals surface area contributed by atoms with E-state index in [0.29, 0.717) is 19.1 Å². The lowest BCUT2D eigenvalue weighted by Crippen LogP contribution is -2.55. The topological polar surface area (TPSA) is 35.6 Å². The second-order valence-corrected chi connectivity index (χ2v) is 7.58. The average molecular weight is 385 g/mol. The molecule has 0 radical (unpaired) electrons. The number of aryl methyl sites for hydroxylation is 1. The summed E-state index contributed by atoms with van der Waals surface area (Å²) in [6.45, 7) is 3.09. The third kappa shape index (κ3) is 4.17. The number of nitrogens with one attached hydrogen (secondary N) is 1. The van der Waals surface area contributed by atoms with Crippen LogP contribution in [-0.4, -0.2) is 48.1 Å². The van der Waals surface area contributed by atoms with Crippen molar-refractivity contribution in [2.75, 3.05) is 26.2 Å². The molecule has 0 spiro atoms. The molecule has 1 aliphatic heterocycles. The molecule has 2 amide bonds. The van der Waals surface area contributed by atoms with Crippen LogP contribution in [0.15, 0.2) is 42.5 Å². The molecule has 2 aromatic carbocycles. The van der Waals surface area contributed by atoms with E-state index in [1.165, 1.54) is 23.3 Å². The van der Waals surface area contributed by atoms with Gasteiger partial charge in [-0.2, -0.15) is 0 Å². The second kappa shape index (κ2) is 8.27. The number of hydrogen-bond acceptors (Lipinski definition) is 2. The number of benzene rings is 2. The van der Waals surface area contributed by atoms with E-state index in [0.717, 1.165) is 38.4 Å². The molecule has 6 heteroatoms. The Bertz CT molecular complexity index is 849. The normalized spacial score (nSPS) is 19.9. The number of rotatable bonds is 3. The highest BCUT2D eigenvalue weighted by Crippen LogP contribution is 2.25. The Labute approximate surface area is 164 Å². The van der Waals surface area contributed by atoms with Crippen LogP contribution in [0.5, 0.6) is 0 Å². The Morgan fingerprint density at radius 3 is 2.54 bits per heavy atom. The van der Waals surface area contributed by atoms with Crippen molar-refractivity contribution in [1.29, 1.82) is 0 Å². The first-order chi connectivity index (χ1) is 13.6. The minimum absolute atomic E-state index is 0.0601. The maximum Gasteiger partial charge on any atom is 0.317 e. The van der Waals surface area contributed by atoms with Crippen LogP contribution in [0.1, 0.15) is 23.1 Å². The van der Waals surface area contributed by atoms with Gasteiger partial charge in [-0.05, 0) is 36.5 Å². The van der Waals surface area contributed by atoms with Crippen LogP contribution in [0.3, 0.4) is 0 Å². The van der Waals surface area contributed by atoms with Gasteiger partial charge in [0, 0.05) is 50.4 Å². The minimum Gasteiger partial charge on any atom is -0.334 e. The molecule has 2 aliphatic rings. The smallest absolute Gasteiger partial charge is 0.317 e. The van der Waals surface area contributed by atoms with Gasteiger partial charge in [0.1, 0.15) is 11.6 Å². The van der Waals surface area contributed by atoms with Crippen molar-refractivity contribution >= 4 is 6.03 Å². The SMILES string of the molecule is O=C(NCc1ccc(F)cc1F)N1CCN([C@H]2CCc3ccccc3C2)CC1. The lowest BCUT2D eigenvalue weighted by molar-refractivity contribution is 0.101. The molecule has 1 N–H and O–H groups in total. The van der Waals surface area contributed by atoms with Crippen LogP contribution in [0.25, 0.3) is 0 Å². The lowest BCUT2D eigenvalue weighted by atomic mass is 9.87. The molecule has 0 saturated carbocycles. The van der Waals surface area contributed by atoms with E-state index in [-0.39, 0.29) is 18.1 Å². The molecule has 4 rings (SSSR count). The Hall–Kier alpha value is -2.47. The standard InChI is InChI=1S/C22H25F2N3O/c23-19-7-5-18(21(24)14-19)15-25-22(28)27-11-9-26(10-12-27)20-8-6-16-3-1-2-4-17(16)13-20/h1-5,7,14,20H,6,8-13,15H2,(H,25,28)/t20-/m0/s1. The van der Waals surface area contributed by atoms with E-state index in [9.17, 15) is 13.6 Å². The van der Waals surface area contributed by atoms with E-state index in [4.69, 9.17) is 0 Å². The summed E-state index contributed by atoms with van der Waals surface area (Å²) in [6.07, 6.45) is 3.35.